The molecule has 2 nitrogen and oxygen atoms in total. The van der Waals surface area contributed by atoms with Crippen molar-refractivity contribution in [1.82, 2.24) is 0 Å². The quantitative estimate of drug-likeness (QED) is 0.789. The van der Waals surface area contributed by atoms with Gasteiger partial charge in [-0.15, -0.1) is 0 Å². The van der Waals surface area contributed by atoms with Crippen molar-refractivity contribution in [2.45, 2.75) is 19.4 Å². The summed E-state index contributed by atoms with van der Waals surface area (Å²) in [5.74, 6) is 0.711. The number of nitrogens with two attached hydrogens (primary N) is 1. The molecule has 1 atom stereocenters. The SMILES string of the molecule is NCc1cccc(CC2CCOC2)c1. The fourth-order valence-corrected chi connectivity index (χ4v) is 1.96. The first-order chi connectivity index (χ1) is 6.88. The molecule has 0 saturated carbocycles. The minimum absolute atomic E-state index is 0.634. The number of benzene rings is 1. The highest BCUT2D eigenvalue weighted by Gasteiger charge is 2.15. The van der Waals surface area contributed by atoms with Crippen LogP contribution in [0, 0.1) is 5.92 Å². The minimum atomic E-state index is 0.634. The van der Waals surface area contributed by atoms with E-state index >= 15 is 0 Å². The molecule has 1 aromatic rings. The van der Waals surface area contributed by atoms with Crippen molar-refractivity contribution in [1.29, 1.82) is 0 Å². The van der Waals surface area contributed by atoms with Gasteiger partial charge in [-0.2, -0.15) is 0 Å². The first-order valence-electron chi connectivity index (χ1n) is 5.24. The van der Waals surface area contributed by atoms with Gasteiger partial charge in [-0.25, -0.2) is 0 Å². The summed E-state index contributed by atoms with van der Waals surface area (Å²) in [4.78, 5) is 0. The molecule has 0 radical (unpaired) electrons. The molecule has 1 aliphatic rings. The van der Waals surface area contributed by atoms with Crippen molar-refractivity contribution in [3.8, 4) is 0 Å². The smallest absolute Gasteiger partial charge is 0.0498 e. The van der Waals surface area contributed by atoms with Crippen molar-refractivity contribution in [2.75, 3.05) is 13.2 Å². The number of hydrogen-bond donors (Lipinski definition) is 1. The van der Waals surface area contributed by atoms with Crippen LogP contribution in [0.3, 0.4) is 0 Å². The standard InChI is InChI=1S/C12H17NO/c13-8-11-3-1-2-10(6-11)7-12-4-5-14-9-12/h1-3,6,12H,4-5,7-9,13H2. The molecular weight excluding hydrogens is 174 g/mol. The van der Waals surface area contributed by atoms with E-state index in [2.05, 4.69) is 24.3 Å². The first-order valence-corrected chi connectivity index (χ1v) is 5.24. The van der Waals surface area contributed by atoms with Gasteiger partial charge in [0.05, 0.1) is 0 Å². The molecular formula is C12H17NO. The molecule has 0 bridgehead atoms. The zero-order valence-corrected chi connectivity index (χ0v) is 8.41. The Morgan fingerprint density at radius 3 is 2.93 bits per heavy atom. The van der Waals surface area contributed by atoms with E-state index in [1.165, 1.54) is 17.5 Å². The summed E-state index contributed by atoms with van der Waals surface area (Å²) in [7, 11) is 0. The summed E-state index contributed by atoms with van der Waals surface area (Å²) in [6.45, 7) is 2.49. The van der Waals surface area contributed by atoms with E-state index in [1.54, 1.807) is 0 Å². The van der Waals surface area contributed by atoms with Crippen LogP contribution in [0.5, 0.6) is 0 Å². The fourth-order valence-electron chi connectivity index (χ4n) is 1.96. The zero-order valence-electron chi connectivity index (χ0n) is 8.41. The van der Waals surface area contributed by atoms with Gasteiger partial charge in [0.25, 0.3) is 0 Å². The Morgan fingerprint density at radius 1 is 1.36 bits per heavy atom. The van der Waals surface area contributed by atoms with Crippen LogP contribution < -0.4 is 5.73 Å². The Hall–Kier alpha value is -0.860. The van der Waals surface area contributed by atoms with Crippen LogP contribution in [0.15, 0.2) is 24.3 Å². The highest BCUT2D eigenvalue weighted by Crippen LogP contribution is 2.18. The van der Waals surface area contributed by atoms with Gasteiger partial charge in [0.2, 0.25) is 0 Å². The summed E-state index contributed by atoms with van der Waals surface area (Å²) in [5, 5.41) is 0. The van der Waals surface area contributed by atoms with E-state index < -0.39 is 0 Å². The molecule has 0 aliphatic carbocycles. The number of ether oxygens (including phenoxy) is 1. The topological polar surface area (TPSA) is 35.2 Å². The molecule has 1 fully saturated rings. The van der Waals surface area contributed by atoms with E-state index in [1.807, 2.05) is 0 Å². The van der Waals surface area contributed by atoms with Crippen LogP contribution in [0.1, 0.15) is 17.5 Å². The maximum absolute atomic E-state index is 5.60. The molecule has 1 saturated heterocycles. The molecule has 0 spiro atoms. The summed E-state index contributed by atoms with van der Waals surface area (Å²) >= 11 is 0. The third kappa shape index (κ3) is 2.34. The van der Waals surface area contributed by atoms with Crippen LogP contribution in [0.25, 0.3) is 0 Å². The van der Waals surface area contributed by atoms with E-state index in [-0.39, 0.29) is 0 Å². The average molecular weight is 191 g/mol. The molecule has 0 aromatic heterocycles. The Kier molecular flexibility index (Phi) is 3.17. The predicted octanol–water partition coefficient (Wildman–Crippen LogP) is 1.72. The third-order valence-corrected chi connectivity index (χ3v) is 2.78. The van der Waals surface area contributed by atoms with E-state index in [0.717, 1.165) is 19.6 Å². The van der Waals surface area contributed by atoms with Crippen LogP contribution >= 0.6 is 0 Å². The second kappa shape index (κ2) is 4.58. The van der Waals surface area contributed by atoms with Gasteiger partial charge in [-0.1, -0.05) is 24.3 Å². The molecule has 2 N–H and O–H groups in total. The van der Waals surface area contributed by atoms with Crippen molar-refractivity contribution >= 4 is 0 Å². The van der Waals surface area contributed by atoms with Gasteiger partial charge in [0.1, 0.15) is 0 Å². The van der Waals surface area contributed by atoms with Crippen molar-refractivity contribution in [3.63, 3.8) is 0 Å². The molecule has 2 heteroatoms. The zero-order chi connectivity index (χ0) is 9.80. The normalized spacial score (nSPS) is 21.4. The second-order valence-electron chi connectivity index (χ2n) is 3.96. The Balaban J connectivity index is 2.00. The largest absolute Gasteiger partial charge is 0.381 e. The van der Waals surface area contributed by atoms with Gasteiger partial charge in [-0.3, -0.25) is 0 Å². The van der Waals surface area contributed by atoms with Crippen LogP contribution in [-0.2, 0) is 17.7 Å². The van der Waals surface area contributed by atoms with Gasteiger partial charge >= 0.3 is 0 Å². The van der Waals surface area contributed by atoms with E-state index in [4.69, 9.17) is 10.5 Å². The number of rotatable bonds is 3. The second-order valence-corrected chi connectivity index (χ2v) is 3.96. The van der Waals surface area contributed by atoms with Gasteiger partial charge < -0.3 is 10.5 Å². The predicted molar refractivity (Wildman–Crippen MR) is 57.0 cm³/mol. The molecule has 1 aliphatic heterocycles. The molecule has 1 unspecified atom stereocenters. The average Bonchev–Trinajstić information content (AvgIpc) is 2.71. The van der Waals surface area contributed by atoms with Gasteiger partial charge in [-0.05, 0) is 29.9 Å². The minimum Gasteiger partial charge on any atom is -0.381 e. The van der Waals surface area contributed by atoms with Gasteiger partial charge in [0.15, 0.2) is 0 Å². The molecule has 1 aromatic carbocycles. The lowest BCUT2D eigenvalue weighted by molar-refractivity contribution is 0.186. The highest BCUT2D eigenvalue weighted by molar-refractivity contribution is 5.23. The van der Waals surface area contributed by atoms with Crippen LogP contribution in [0.2, 0.25) is 0 Å². The lowest BCUT2D eigenvalue weighted by Crippen LogP contribution is -2.04. The summed E-state index contributed by atoms with van der Waals surface area (Å²) in [6, 6.07) is 8.55. The van der Waals surface area contributed by atoms with Crippen molar-refractivity contribution < 1.29 is 4.74 Å². The van der Waals surface area contributed by atoms with Crippen molar-refractivity contribution in [2.24, 2.45) is 11.7 Å². The summed E-state index contributed by atoms with van der Waals surface area (Å²) in [5.41, 5.74) is 8.22. The molecule has 1 heterocycles. The van der Waals surface area contributed by atoms with Crippen LogP contribution in [-0.4, -0.2) is 13.2 Å². The van der Waals surface area contributed by atoms with E-state index in [9.17, 15) is 0 Å². The highest BCUT2D eigenvalue weighted by atomic mass is 16.5. The Bertz CT molecular complexity index is 292. The fraction of sp³-hybridized carbons (Fsp3) is 0.500. The third-order valence-electron chi connectivity index (χ3n) is 2.78. The van der Waals surface area contributed by atoms with E-state index in [0.29, 0.717) is 12.5 Å². The first kappa shape index (κ1) is 9.69. The Labute approximate surface area is 85.1 Å². The Morgan fingerprint density at radius 2 is 2.21 bits per heavy atom. The van der Waals surface area contributed by atoms with Gasteiger partial charge in [0, 0.05) is 19.8 Å². The molecule has 2 rings (SSSR count). The monoisotopic (exact) mass is 191 g/mol. The molecule has 0 amide bonds. The van der Waals surface area contributed by atoms with Crippen LogP contribution in [0.4, 0.5) is 0 Å². The summed E-state index contributed by atoms with van der Waals surface area (Å²) in [6.07, 6.45) is 2.33. The summed E-state index contributed by atoms with van der Waals surface area (Å²) < 4.78 is 5.36. The molecule has 76 valence electrons. The number of hydrogen-bond acceptors (Lipinski definition) is 2. The molecule has 14 heavy (non-hydrogen) atoms. The maximum atomic E-state index is 5.60. The maximum Gasteiger partial charge on any atom is 0.0498 e. The lowest BCUT2D eigenvalue weighted by atomic mass is 9.97. The van der Waals surface area contributed by atoms with Crippen molar-refractivity contribution in [3.05, 3.63) is 35.4 Å². The lowest BCUT2D eigenvalue weighted by Gasteiger charge is -2.08.